The van der Waals surface area contributed by atoms with E-state index in [1.165, 1.54) is 4.88 Å². The molecule has 0 spiro atoms. The van der Waals surface area contributed by atoms with Gasteiger partial charge in [0.15, 0.2) is 0 Å². The fourth-order valence-electron chi connectivity index (χ4n) is 2.46. The van der Waals surface area contributed by atoms with E-state index >= 15 is 0 Å². The highest BCUT2D eigenvalue weighted by Crippen LogP contribution is 2.24. The van der Waals surface area contributed by atoms with Crippen molar-refractivity contribution < 1.29 is 9.90 Å². The Kier molecular flexibility index (Phi) is 5.22. The molecule has 106 valence electrons. The van der Waals surface area contributed by atoms with Gasteiger partial charge in [-0.15, -0.1) is 11.3 Å². The van der Waals surface area contributed by atoms with Crippen molar-refractivity contribution >= 4 is 17.4 Å². The van der Waals surface area contributed by atoms with Gasteiger partial charge in [-0.05, 0) is 24.3 Å². The fraction of sp³-hybridized carbons (Fsp3) is 0.643. The molecule has 0 aromatic carbocycles. The molecule has 1 aromatic rings. The van der Waals surface area contributed by atoms with E-state index in [1.807, 2.05) is 11.4 Å². The summed E-state index contributed by atoms with van der Waals surface area (Å²) in [4.78, 5) is 13.0. The van der Waals surface area contributed by atoms with Gasteiger partial charge in [-0.25, -0.2) is 4.79 Å². The lowest BCUT2D eigenvalue weighted by atomic mass is 10.1. The molecular weight excluding hydrogens is 260 g/mol. The smallest absolute Gasteiger partial charge is 0.314 e. The zero-order valence-electron chi connectivity index (χ0n) is 11.3. The van der Waals surface area contributed by atoms with Crippen molar-refractivity contribution in [1.29, 1.82) is 0 Å². The van der Waals surface area contributed by atoms with Crippen LogP contribution in [0.2, 0.25) is 0 Å². The second kappa shape index (κ2) is 6.91. The van der Waals surface area contributed by atoms with Gasteiger partial charge in [0.05, 0.1) is 6.10 Å². The van der Waals surface area contributed by atoms with Gasteiger partial charge >= 0.3 is 6.03 Å². The molecule has 2 amide bonds. The molecular formula is C14H22N2O2S. The predicted molar refractivity (Wildman–Crippen MR) is 77.5 cm³/mol. The van der Waals surface area contributed by atoms with Crippen LogP contribution >= 0.6 is 11.3 Å². The Bertz CT molecular complexity index is 394. The highest BCUT2D eigenvalue weighted by molar-refractivity contribution is 7.10. The monoisotopic (exact) mass is 282 g/mol. The Hall–Kier alpha value is -1.07. The van der Waals surface area contributed by atoms with Crippen molar-refractivity contribution in [2.75, 3.05) is 13.1 Å². The van der Waals surface area contributed by atoms with Crippen LogP contribution in [0.25, 0.3) is 0 Å². The average Bonchev–Trinajstić information content (AvgIpc) is 3.05. The van der Waals surface area contributed by atoms with Crippen LogP contribution in [0.4, 0.5) is 4.79 Å². The van der Waals surface area contributed by atoms with E-state index in [9.17, 15) is 9.90 Å². The Morgan fingerprint density at radius 3 is 3.00 bits per heavy atom. The number of aliphatic hydroxyl groups is 1. The van der Waals surface area contributed by atoms with Crippen LogP contribution < -0.4 is 10.6 Å². The number of nitrogens with one attached hydrogen (secondary N) is 2. The van der Waals surface area contributed by atoms with Gasteiger partial charge in [-0.2, -0.15) is 0 Å². The van der Waals surface area contributed by atoms with Gasteiger partial charge < -0.3 is 15.7 Å². The Labute approximate surface area is 118 Å². The quantitative estimate of drug-likeness (QED) is 0.776. The molecule has 0 saturated heterocycles. The Balaban J connectivity index is 1.64. The van der Waals surface area contributed by atoms with Gasteiger partial charge in [0.25, 0.3) is 0 Å². The number of thiophene rings is 1. The molecule has 1 aliphatic carbocycles. The molecule has 5 heteroatoms. The maximum Gasteiger partial charge on any atom is 0.314 e. The van der Waals surface area contributed by atoms with E-state index in [0.717, 1.165) is 19.3 Å². The first-order chi connectivity index (χ1) is 9.16. The second-order valence-electron chi connectivity index (χ2n) is 5.27. The summed E-state index contributed by atoms with van der Waals surface area (Å²) in [5, 5.41) is 17.5. The van der Waals surface area contributed by atoms with E-state index < -0.39 is 0 Å². The average molecular weight is 282 g/mol. The first kappa shape index (κ1) is 14.3. The summed E-state index contributed by atoms with van der Waals surface area (Å²) in [5.74, 6) is 0.559. The van der Waals surface area contributed by atoms with Crippen molar-refractivity contribution in [3.8, 4) is 0 Å². The highest BCUT2D eigenvalue weighted by atomic mass is 32.1. The molecule has 0 bridgehead atoms. The summed E-state index contributed by atoms with van der Waals surface area (Å²) in [7, 11) is 0. The normalized spacial score (nSPS) is 24.1. The third-order valence-electron chi connectivity index (χ3n) is 3.74. The topological polar surface area (TPSA) is 61.4 Å². The Morgan fingerprint density at radius 2 is 2.37 bits per heavy atom. The Morgan fingerprint density at radius 1 is 1.53 bits per heavy atom. The third-order valence-corrected chi connectivity index (χ3v) is 4.85. The van der Waals surface area contributed by atoms with Crippen LogP contribution in [-0.4, -0.2) is 30.3 Å². The molecule has 3 N–H and O–H groups in total. The number of urea groups is 1. The first-order valence-electron chi connectivity index (χ1n) is 6.90. The predicted octanol–water partition coefficient (Wildman–Crippen LogP) is 2.31. The number of hydrogen-bond donors (Lipinski definition) is 3. The van der Waals surface area contributed by atoms with E-state index in [2.05, 4.69) is 23.6 Å². The van der Waals surface area contributed by atoms with Gasteiger partial charge in [-0.3, -0.25) is 0 Å². The van der Waals surface area contributed by atoms with Crippen LogP contribution in [0.3, 0.4) is 0 Å². The van der Waals surface area contributed by atoms with Crippen LogP contribution in [0.5, 0.6) is 0 Å². The molecule has 1 heterocycles. The molecule has 1 fully saturated rings. The minimum atomic E-state index is -0.245. The van der Waals surface area contributed by atoms with Crippen LogP contribution in [0, 0.1) is 5.92 Å². The van der Waals surface area contributed by atoms with Crippen molar-refractivity contribution in [2.24, 2.45) is 5.92 Å². The largest absolute Gasteiger partial charge is 0.393 e. The van der Waals surface area contributed by atoms with Crippen LogP contribution in [0.15, 0.2) is 17.5 Å². The van der Waals surface area contributed by atoms with Crippen LogP contribution in [-0.2, 0) is 0 Å². The summed E-state index contributed by atoms with van der Waals surface area (Å²) < 4.78 is 0. The third kappa shape index (κ3) is 4.21. The molecule has 4 nitrogen and oxygen atoms in total. The zero-order valence-corrected chi connectivity index (χ0v) is 12.1. The van der Waals surface area contributed by atoms with Crippen molar-refractivity contribution in [2.45, 2.75) is 38.2 Å². The molecule has 1 aliphatic rings. The van der Waals surface area contributed by atoms with Gasteiger partial charge in [0, 0.05) is 29.8 Å². The molecule has 19 heavy (non-hydrogen) atoms. The standard InChI is InChI=1S/C14H22N2O2S/c1-10(13-6-3-7-19-13)8-15-14(18)16-9-11-4-2-5-12(11)17/h3,6-7,10-12,17H,2,4-5,8-9H2,1H3,(H2,15,16,18)/t10-,11-,12+/m1/s1. The summed E-state index contributed by atoms with van der Waals surface area (Å²) in [6, 6.07) is 3.98. The lowest BCUT2D eigenvalue weighted by Crippen LogP contribution is -2.40. The molecule has 0 radical (unpaired) electrons. The van der Waals surface area contributed by atoms with Crippen molar-refractivity contribution in [3.05, 3.63) is 22.4 Å². The van der Waals surface area contributed by atoms with Gasteiger partial charge in [0.2, 0.25) is 0 Å². The summed E-state index contributed by atoms with van der Waals surface area (Å²) >= 11 is 1.71. The summed E-state index contributed by atoms with van der Waals surface area (Å²) in [6.07, 6.45) is 2.69. The highest BCUT2D eigenvalue weighted by Gasteiger charge is 2.25. The zero-order chi connectivity index (χ0) is 13.7. The van der Waals surface area contributed by atoms with Gasteiger partial charge in [0.1, 0.15) is 0 Å². The van der Waals surface area contributed by atoms with E-state index in [0.29, 0.717) is 19.0 Å². The lowest BCUT2D eigenvalue weighted by Gasteiger charge is -2.16. The summed E-state index contributed by atoms with van der Waals surface area (Å²) in [5.41, 5.74) is 0. The van der Waals surface area contributed by atoms with E-state index in [-0.39, 0.29) is 18.1 Å². The fourth-order valence-corrected chi connectivity index (χ4v) is 3.25. The number of rotatable bonds is 5. The molecule has 0 aliphatic heterocycles. The van der Waals surface area contributed by atoms with Crippen LogP contribution in [0.1, 0.15) is 37.0 Å². The summed E-state index contributed by atoms with van der Waals surface area (Å²) in [6.45, 7) is 3.31. The van der Waals surface area contributed by atoms with E-state index in [1.54, 1.807) is 11.3 Å². The molecule has 2 rings (SSSR count). The minimum absolute atomic E-state index is 0.137. The van der Waals surface area contributed by atoms with E-state index in [4.69, 9.17) is 0 Å². The SMILES string of the molecule is C[C@H](CNC(=O)NC[C@H]1CCC[C@@H]1O)c1cccs1. The number of hydrogen-bond acceptors (Lipinski definition) is 3. The van der Waals surface area contributed by atoms with Crippen molar-refractivity contribution in [1.82, 2.24) is 10.6 Å². The molecule has 3 atom stereocenters. The number of carbonyl (C=O) groups is 1. The minimum Gasteiger partial charge on any atom is -0.393 e. The molecule has 1 saturated carbocycles. The molecule has 1 aromatic heterocycles. The maximum absolute atomic E-state index is 11.7. The van der Waals surface area contributed by atoms with Gasteiger partial charge in [-0.1, -0.05) is 19.4 Å². The maximum atomic E-state index is 11.7. The molecule has 0 unspecified atom stereocenters. The first-order valence-corrected chi connectivity index (χ1v) is 7.78. The second-order valence-corrected chi connectivity index (χ2v) is 6.24. The number of carbonyl (C=O) groups excluding carboxylic acids is 1. The number of aliphatic hydroxyl groups excluding tert-OH is 1. The van der Waals surface area contributed by atoms with Crippen molar-refractivity contribution in [3.63, 3.8) is 0 Å². The number of amides is 2. The lowest BCUT2D eigenvalue weighted by molar-refractivity contribution is 0.132.